The highest BCUT2D eigenvalue weighted by molar-refractivity contribution is 5.86. The predicted molar refractivity (Wildman–Crippen MR) is 215 cm³/mol. The van der Waals surface area contributed by atoms with Crippen molar-refractivity contribution in [1.82, 2.24) is 49.7 Å². The number of nitrogens with zero attached hydrogens (tertiary/aromatic N) is 8. The molecule has 60 heavy (non-hydrogen) atoms. The Morgan fingerprint density at radius 3 is 1.55 bits per heavy atom. The Hall–Kier alpha value is -7.50. The summed E-state index contributed by atoms with van der Waals surface area (Å²) in [6.45, 7) is 4.66. The number of imidazole rings is 2. The zero-order valence-corrected chi connectivity index (χ0v) is 32.8. The molecular weight excluding hydrogens is 769 g/mol. The quantitative estimate of drug-likeness (QED) is 0.130. The molecule has 0 aliphatic carbocycles. The second kappa shape index (κ2) is 16.8. The van der Waals surface area contributed by atoms with Crippen LogP contribution in [-0.2, 0) is 19.1 Å². The van der Waals surface area contributed by atoms with Gasteiger partial charge in [0.15, 0.2) is 11.6 Å². The molecule has 2 unspecified atom stereocenters. The number of carbonyl (C=O) groups is 4. The molecule has 0 spiro atoms. The second-order valence-electron chi connectivity index (χ2n) is 14.6. The first kappa shape index (κ1) is 39.3. The number of amides is 4. The molecule has 2 aliphatic rings. The van der Waals surface area contributed by atoms with E-state index in [1.165, 1.54) is 0 Å². The van der Waals surface area contributed by atoms with Crippen molar-refractivity contribution in [2.45, 2.75) is 63.8 Å². The summed E-state index contributed by atoms with van der Waals surface area (Å²) in [4.78, 5) is 89.0. The van der Waals surface area contributed by atoms with Crippen LogP contribution in [-0.4, -0.2) is 86.8 Å². The van der Waals surface area contributed by atoms with Gasteiger partial charge in [0.25, 0.3) is 11.8 Å². The molecule has 4 aromatic heterocycles. The van der Waals surface area contributed by atoms with E-state index in [1.54, 1.807) is 83.1 Å². The van der Waals surface area contributed by atoms with Crippen LogP contribution in [0.2, 0.25) is 0 Å². The molecule has 306 valence electrons. The third kappa shape index (κ3) is 7.98. The molecule has 8 rings (SSSR count). The van der Waals surface area contributed by atoms with Crippen LogP contribution in [0.15, 0.2) is 85.5 Å². The van der Waals surface area contributed by atoms with Crippen molar-refractivity contribution in [3.05, 3.63) is 120 Å². The minimum absolute atomic E-state index is 0.321. The van der Waals surface area contributed by atoms with Crippen LogP contribution in [0.1, 0.15) is 84.1 Å². The Morgan fingerprint density at radius 1 is 0.633 bits per heavy atom. The Kier molecular flexibility index (Phi) is 11.0. The minimum Gasteiger partial charge on any atom is -0.431 e. The summed E-state index contributed by atoms with van der Waals surface area (Å²) in [5, 5.41) is 0. The number of rotatable bonds is 11. The zero-order valence-electron chi connectivity index (χ0n) is 32.8. The van der Waals surface area contributed by atoms with Gasteiger partial charge >= 0.3 is 12.2 Å². The average molecular weight is 811 g/mol. The number of benzene rings is 2. The largest absolute Gasteiger partial charge is 0.431 e. The fraction of sp³-hybridized carbons (Fsp3) is 0.286. The van der Waals surface area contributed by atoms with E-state index in [0.29, 0.717) is 88.7 Å². The Bertz CT molecular complexity index is 2500. The van der Waals surface area contributed by atoms with Crippen LogP contribution in [0.25, 0.3) is 34.2 Å². The maximum atomic E-state index is 13.8. The summed E-state index contributed by atoms with van der Waals surface area (Å²) in [5.74, 6) is 1.08. The SMILES string of the molecule is Cc1nc(-c2ncc(-c3cnc(C4CCCN4C(=O)[C@H](OC(N)=O)c4ccccc4)[nH]3)cn2)nc(C)c1-c1cnc(C2CCCN2C(=O)[C@H](OC(N)=O)c2ccccc2)[nH]1. The van der Waals surface area contributed by atoms with Gasteiger partial charge in [-0.15, -0.1) is 0 Å². The number of nitrogens with two attached hydrogens (primary N) is 2. The van der Waals surface area contributed by atoms with Crippen molar-refractivity contribution in [2.24, 2.45) is 11.5 Å². The van der Waals surface area contributed by atoms with Crippen molar-refractivity contribution < 1.29 is 28.7 Å². The van der Waals surface area contributed by atoms with Gasteiger partial charge in [-0.3, -0.25) is 9.59 Å². The molecule has 18 nitrogen and oxygen atoms in total. The molecule has 2 aromatic carbocycles. The molecule has 6 heterocycles. The number of primary amides is 2. The zero-order chi connectivity index (χ0) is 41.9. The lowest BCUT2D eigenvalue weighted by Gasteiger charge is -2.27. The maximum Gasteiger partial charge on any atom is 0.405 e. The number of H-pyrrole nitrogens is 2. The normalized spacial score (nSPS) is 17.3. The number of hydrogen-bond acceptors (Lipinski definition) is 12. The van der Waals surface area contributed by atoms with Crippen molar-refractivity contribution in [1.29, 1.82) is 0 Å². The number of aromatic nitrogens is 8. The average Bonchev–Trinajstić information content (AvgIpc) is 4.09. The highest BCUT2D eigenvalue weighted by Gasteiger charge is 2.39. The van der Waals surface area contributed by atoms with Gasteiger partial charge in [-0.1, -0.05) is 60.7 Å². The molecule has 0 radical (unpaired) electrons. The molecule has 0 bridgehead atoms. The smallest absolute Gasteiger partial charge is 0.405 e. The number of nitrogens with one attached hydrogen (secondary N) is 2. The highest BCUT2D eigenvalue weighted by atomic mass is 16.6. The monoisotopic (exact) mass is 810 g/mol. The molecule has 2 aliphatic heterocycles. The second-order valence-corrected chi connectivity index (χ2v) is 14.6. The van der Waals surface area contributed by atoms with Gasteiger partial charge in [-0.2, -0.15) is 0 Å². The van der Waals surface area contributed by atoms with Gasteiger partial charge in [-0.25, -0.2) is 39.5 Å². The molecule has 6 N–H and O–H groups in total. The summed E-state index contributed by atoms with van der Waals surface area (Å²) in [5.41, 5.74) is 15.8. The Morgan fingerprint density at radius 2 is 1.08 bits per heavy atom. The van der Waals surface area contributed by atoms with E-state index in [2.05, 4.69) is 29.9 Å². The van der Waals surface area contributed by atoms with Gasteiger partial charge < -0.3 is 40.7 Å². The number of carbonyl (C=O) groups excluding carboxylic acids is 4. The summed E-state index contributed by atoms with van der Waals surface area (Å²) in [6.07, 6.45) is 5.06. The van der Waals surface area contributed by atoms with E-state index in [-0.39, 0.29) is 23.9 Å². The Balaban J connectivity index is 0.967. The third-order valence-corrected chi connectivity index (χ3v) is 10.7. The van der Waals surface area contributed by atoms with E-state index >= 15 is 0 Å². The maximum absolute atomic E-state index is 13.8. The van der Waals surface area contributed by atoms with Crippen LogP contribution in [0.4, 0.5) is 9.59 Å². The molecule has 6 aromatic rings. The summed E-state index contributed by atoms with van der Waals surface area (Å²) >= 11 is 0. The third-order valence-electron chi connectivity index (χ3n) is 10.7. The van der Waals surface area contributed by atoms with Gasteiger partial charge in [0, 0.05) is 47.7 Å². The number of hydrogen-bond donors (Lipinski definition) is 4. The first-order valence-electron chi connectivity index (χ1n) is 19.5. The molecule has 4 atom stereocenters. The van der Waals surface area contributed by atoms with Crippen molar-refractivity contribution in [3.8, 4) is 34.2 Å². The molecular formula is C42H42N12O6. The van der Waals surface area contributed by atoms with E-state index in [9.17, 15) is 19.2 Å². The molecule has 0 saturated carbocycles. The van der Waals surface area contributed by atoms with Crippen LogP contribution in [0.3, 0.4) is 0 Å². The fourth-order valence-electron chi connectivity index (χ4n) is 8.02. The number of ether oxygens (including phenoxy) is 2. The van der Waals surface area contributed by atoms with E-state index < -0.39 is 24.4 Å². The topological polar surface area (TPSA) is 254 Å². The van der Waals surface area contributed by atoms with Crippen LogP contribution in [0.5, 0.6) is 0 Å². The molecule has 2 fully saturated rings. The molecule has 18 heteroatoms. The standard InChI is InChI=1S/C42H42N12O6/c1-23-32(29-22-48-36(52-29)31-16-10-18-54(31)40(56)34(60-42(44)58)26-13-7-4-8-14-26)24(2)50-38(49-23)37-45-19-27(20-46-37)28-21-47-35(51-28)30-15-9-17-53(30)39(55)33(59-41(43)57)25-11-5-3-6-12-25/h3-8,11-14,19-22,30-31,33-34H,9-10,15-18H2,1-2H3,(H2,43,57)(H2,44,58)(H,47,51)(H,48,52)/t30?,31?,33-,34-/m1/s1. The van der Waals surface area contributed by atoms with Gasteiger partial charge in [-0.05, 0) is 39.5 Å². The number of aromatic amines is 2. The minimum atomic E-state index is -1.18. The molecule has 2 saturated heterocycles. The highest BCUT2D eigenvalue weighted by Crippen LogP contribution is 2.37. The molecule has 4 amide bonds. The lowest BCUT2D eigenvalue weighted by molar-refractivity contribution is -0.142. The first-order valence-corrected chi connectivity index (χ1v) is 19.5. The fourth-order valence-corrected chi connectivity index (χ4v) is 8.02. The van der Waals surface area contributed by atoms with Crippen molar-refractivity contribution in [3.63, 3.8) is 0 Å². The summed E-state index contributed by atoms with van der Waals surface area (Å²) in [6, 6.07) is 16.8. The Labute approximate surface area is 343 Å². The van der Waals surface area contributed by atoms with Crippen molar-refractivity contribution in [2.75, 3.05) is 13.1 Å². The lowest BCUT2D eigenvalue weighted by atomic mass is 10.1. The van der Waals surface area contributed by atoms with Crippen LogP contribution >= 0.6 is 0 Å². The first-order chi connectivity index (χ1) is 29.0. The van der Waals surface area contributed by atoms with E-state index in [4.69, 9.17) is 30.9 Å². The van der Waals surface area contributed by atoms with Gasteiger partial charge in [0.2, 0.25) is 12.2 Å². The van der Waals surface area contributed by atoms with E-state index in [1.807, 2.05) is 26.0 Å². The lowest BCUT2D eigenvalue weighted by Crippen LogP contribution is -2.37. The van der Waals surface area contributed by atoms with Crippen molar-refractivity contribution >= 4 is 24.0 Å². The van der Waals surface area contributed by atoms with Gasteiger partial charge in [0.1, 0.15) is 11.6 Å². The van der Waals surface area contributed by atoms with E-state index in [0.717, 1.165) is 18.4 Å². The van der Waals surface area contributed by atoms with Crippen LogP contribution in [0, 0.1) is 13.8 Å². The van der Waals surface area contributed by atoms with Crippen LogP contribution < -0.4 is 11.5 Å². The predicted octanol–water partition coefficient (Wildman–Crippen LogP) is 5.33. The van der Waals surface area contributed by atoms with Gasteiger partial charge in [0.05, 0.1) is 47.3 Å². The number of likely N-dealkylation sites (tertiary alicyclic amines) is 2. The summed E-state index contributed by atoms with van der Waals surface area (Å²) in [7, 11) is 0. The summed E-state index contributed by atoms with van der Waals surface area (Å²) < 4.78 is 10.6. The number of aryl methyl sites for hydroxylation is 2.